The predicted octanol–water partition coefficient (Wildman–Crippen LogP) is 3.78. The molecule has 1 amide bonds. The van der Waals surface area contributed by atoms with Crippen LogP contribution in [0.1, 0.15) is 31.4 Å². The topological polar surface area (TPSA) is 55.5 Å². The Morgan fingerprint density at radius 3 is 2.68 bits per heavy atom. The van der Waals surface area contributed by atoms with Crippen LogP contribution in [0.25, 0.3) is 11.1 Å². The lowest BCUT2D eigenvalue weighted by Crippen LogP contribution is -2.43. The average Bonchev–Trinajstić information content (AvgIpc) is 3.03. The van der Waals surface area contributed by atoms with E-state index < -0.39 is 11.8 Å². The molecule has 0 radical (unpaired) electrons. The number of amides is 1. The van der Waals surface area contributed by atoms with Gasteiger partial charge in [-0.3, -0.25) is 9.36 Å². The van der Waals surface area contributed by atoms with Crippen LogP contribution in [-0.2, 0) is 11.2 Å². The lowest BCUT2D eigenvalue weighted by Gasteiger charge is -2.33. The van der Waals surface area contributed by atoms with Crippen LogP contribution in [0.5, 0.6) is 0 Å². The first-order valence-corrected chi connectivity index (χ1v) is 9.66. The van der Waals surface area contributed by atoms with Gasteiger partial charge in [0.2, 0.25) is 5.91 Å². The normalized spacial score (nSPS) is 16.4. The summed E-state index contributed by atoms with van der Waals surface area (Å²) in [6.07, 6.45) is 2.56. The lowest BCUT2D eigenvalue weighted by atomic mass is 9.90. The third-order valence-electron chi connectivity index (χ3n) is 5.60. The zero-order valence-corrected chi connectivity index (χ0v) is 15.8. The van der Waals surface area contributed by atoms with Crippen LogP contribution in [0.3, 0.4) is 0 Å². The molecule has 5 nitrogen and oxygen atoms in total. The van der Waals surface area contributed by atoms with Crippen LogP contribution in [0, 0.1) is 11.7 Å². The lowest BCUT2D eigenvalue weighted by molar-refractivity contribution is -0.135. The van der Waals surface area contributed by atoms with E-state index in [1.807, 2.05) is 17.0 Å². The van der Waals surface area contributed by atoms with Crippen molar-refractivity contribution in [2.24, 2.45) is 5.92 Å². The molecule has 0 aliphatic carbocycles. The van der Waals surface area contributed by atoms with E-state index >= 15 is 0 Å². The number of benzene rings is 2. The summed E-state index contributed by atoms with van der Waals surface area (Å²) in [5, 5.41) is 0. The van der Waals surface area contributed by atoms with Crippen LogP contribution in [-0.4, -0.2) is 28.5 Å². The summed E-state index contributed by atoms with van der Waals surface area (Å²) in [6.45, 7) is 3.03. The third kappa shape index (κ3) is 3.59. The van der Waals surface area contributed by atoms with E-state index in [1.165, 1.54) is 10.6 Å². The molecule has 0 spiro atoms. The average molecular weight is 382 g/mol. The highest BCUT2D eigenvalue weighted by atomic mass is 19.1. The second kappa shape index (κ2) is 7.62. The minimum Gasteiger partial charge on any atom is -0.408 e. The summed E-state index contributed by atoms with van der Waals surface area (Å²) in [7, 11) is 0. The number of rotatable bonds is 4. The van der Waals surface area contributed by atoms with Crippen LogP contribution >= 0.6 is 0 Å². The molecular formula is C22H23FN2O3. The predicted molar refractivity (Wildman–Crippen MR) is 105 cm³/mol. The van der Waals surface area contributed by atoms with Gasteiger partial charge in [-0.15, -0.1) is 0 Å². The van der Waals surface area contributed by atoms with Crippen LogP contribution < -0.4 is 5.76 Å². The molecule has 1 aromatic heterocycles. The Bertz CT molecular complexity index is 1050. The smallest absolute Gasteiger partial charge is 0.408 e. The Labute approximate surface area is 162 Å². The molecule has 28 heavy (non-hydrogen) atoms. The van der Waals surface area contributed by atoms with Crippen molar-refractivity contribution in [1.29, 1.82) is 0 Å². The maximum atomic E-state index is 13.4. The van der Waals surface area contributed by atoms with Crippen molar-refractivity contribution in [3.8, 4) is 0 Å². The Kier molecular flexibility index (Phi) is 5.03. The Morgan fingerprint density at radius 2 is 1.93 bits per heavy atom. The van der Waals surface area contributed by atoms with Gasteiger partial charge in [-0.05, 0) is 61.9 Å². The molecular weight excluding hydrogens is 359 g/mol. The highest BCUT2D eigenvalue weighted by Crippen LogP contribution is 2.25. The number of halogens is 1. The van der Waals surface area contributed by atoms with Crippen molar-refractivity contribution in [2.75, 3.05) is 13.1 Å². The van der Waals surface area contributed by atoms with Gasteiger partial charge in [0.15, 0.2) is 5.58 Å². The van der Waals surface area contributed by atoms with Crippen molar-refractivity contribution < 1.29 is 13.6 Å². The van der Waals surface area contributed by atoms with E-state index in [9.17, 15) is 14.0 Å². The number of hydrogen-bond acceptors (Lipinski definition) is 3. The van der Waals surface area contributed by atoms with E-state index in [0.29, 0.717) is 30.1 Å². The fourth-order valence-electron chi connectivity index (χ4n) is 4.08. The number of nitrogens with zero attached hydrogens (tertiary/aromatic N) is 2. The van der Waals surface area contributed by atoms with Gasteiger partial charge in [0.05, 0.1) is 5.52 Å². The first kappa shape index (κ1) is 18.5. The first-order chi connectivity index (χ1) is 13.5. The highest BCUT2D eigenvalue weighted by molar-refractivity contribution is 5.83. The van der Waals surface area contributed by atoms with E-state index in [2.05, 4.69) is 0 Å². The highest BCUT2D eigenvalue weighted by Gasteiger charge is 2.29. The van der Waals surface area contributed by atoms with Gasteiger partial charge < -0.3 is 9.32 Å². The minimum absolute atomic E-state index is 0.0714. The van der Waals surface area contributed by atoms with Crippen molar-refractivity contribution in [2.45, 2.75) is 32.2 Å². The molecule has 4 rings (SSSR count). The molecule has 1 aliphatic rings. The largest absolute Gasteiger partial charge is 0.420 e. The monoisotopic (exact) mass is 382 g/mol. The minimum atomic E-state index is -0.615. The van der Waals surface area contributed by atoms with E-state index in [-0.39, 0.29) is 11.7 Å². The Balaban J connectivity index is 1.42. The van der Waals surface area contributed by atoms with Crippen LogP contribution in [0.4, 0.5) is 4.39 Å². The number of piperidine rings is 1. The molecule has 0 N–H and O–H groups in total. The zero-order chi connectivity index (χ0) is 19.7. The van der Waals surface area contributed by atoms with Gasteiger partial charge >= 0.3 is 5.76 Å². The third-order valence-corrected chi connectivity index (χ3v) is 5.60. The van der Waals surface area contributed by atoms with Gasteiger partial charge in [-0.2, -0.15) is 0 Å². The molecule has 1 saturated heterocycles. The van der Waals surface area contributed by atoms with Crippen LogP contribution in [0.15, 0.2) is 57.7 Å². The van der Waals surface area contributed by atoms with Gasteiger partial charge in [0, 0.05) is 13.1 Å². The molecule has 0 bridgehead atoms. The summed E-state index contributed by atoms with van der Waals surface area (Å²) >= 11 is 0. The molecule has 1 unspecified atom stereocenters. The fraction of sp³-hybridized carbons (Fsp3) is 0.364. The molecule has 6 heteroatoms. The second-order valence-electron chi connectivity index (χ2n) is 7.48. The molecule has 146 valence electrons. The van der Waals surface area contributed by atoms with E-state index in [4.69, 9.17) is 4.42 Å². The molecule has 2 aromatic carbocycles. The van der Waals surface area contributed by atoms with Crippen LogP contribution in [0.2, 0.25) is 0 Å². The van der Waals surface area contributed by atoms with Crippen molar-refractivity contribution in [3.63, 3.8) is 0 Å². The summed E-state index contributed by atoms with van der Waals surface area (Å²) in [5.41, 5.74) is 2.12. The summed E-state index contributed by atoms with van der Waals surface area (Å²) in [6, 6.07) is 13.2. The fourth-order valence-corrected chi connectivity index (χ4v) is 4.08. The molecule has 1 aliphatic heterocycles. The van der Waals surface area contributed by atoms with Gasteiger partial charge in [0.25, 0.3) is 0 Å². The summed E-state index contributed by atoms with van der Waals surface area (Å²) in [4.78, 5) is 27.0. The van der Waals surface area contributed by atoms with Crippen molar-refractivity contribution >= 4 is 17.0 Å². The molecule has 1 atom stereocenters. The zero-order valence-electron chi connectivity index (χ0n) is 15.8. The molecule has 0 saturated carbocycles. The second-order valence-corrected chi connectivity index (χ2v) is 7.48. The number of likely N-dealkylation sites (tertiary alicyclic amines) is 1. The standard InChI is InChI=1S/C22H23FN2O3/c1-15(25-19-7-2-3-8-20(19)28-22(25)27)21(26)24-11-9-16(10-12-24)13-17-5-4-6-18(23)14-17/h2-8,14-16H,9-13H2,1H3. The molecule has 1 fully saturated rings. The van der Waals surface area contributed by atoms with Gasteiger partial charge in [-0.1, -0.05) is 24.3 Å². The number of carbonyl (C=O) groups is 1. The first-order valence-electron chi connectivity index (χ1n) is 9.66. The van der Waals surface area contributed by atoms with Crippen molar-refractivity contribution in [1.82, 2.24) is 9.47 Å². The molecule has 2 heterocycles. The number of carbonyl (C=O) groups excluding carboxylic acids is 1. The number of fused-ring (bicyclic) bond motifs is 1. The number of hydrogen-bond donors (Lipinski definition) is 0. The molecule has 3 aromatic rings. The Morgan fingerprint density at radius 1 is 1.18 bits per heavy atom. The summed E-state index contributed by atoms with van der Waals surface area (Å²) in [5.74, 6) is -0.365. The van der Waals surface area contributed by atoms with Gasteiger partial charge in [0.1, 0.15) is 11.9 Å². The van der Waals surface area contributed by atoms with Crippen molar-refractivity contribution in [3.05, 3.63) is 70.5 Å². The summed E-state index contributed by atoms with van der Waals surface area (Å²) < 4.78 is 20.1. The van der Waals surface area contributed by atoms with Gasteiger partial charge in [-0.25, -0.2) is 9.18 Å². The maximum Gasteiger partial charge on any atom is 0.420 e. The number of para-hydroxylation sites is 2. The van der Waals surface area contributed by atoms with E-state index in [0.717, 1.165) is 24.8 Å². The maximum absolute atomic E-state index is 13.4. The number of aromatic nitrogens is 1. The quantitative estimate of drug-likeness (QED) is 0.690. The van der Waals surface area contributed by atoms with E-state index in [1.54, 1.807) is 37.3 Å². The Hall–Kier alpha value is -2.89. The number of oxazole rings is 1. The SMILES string of the molecule is CC(C(=O)N1CCC(Cc2cccc(F)c2)CC1)n1c(=O)oc2ccccc21.